The monoisotopic (exact) mass is 454 g/mol. The number of rotatable bonds is 23. The molecule has 0 aliphatic heterocycles. The number of unbranched alkanes of at least 4 members (excludes halogenated alkanes) is 16. The zero-order chi connectivity index (χ0) is 23.7. The minimum Gasteiger partial charge on any atom is -0.247 e. The molecule has 0 spiro atoms. The van der Waals surface area contributed by atoms with Crippen molar-refractivity contribution in [3.63, 3.8) is 0 Å². The Morgan fingerprint density at radius 2 is 0.875 bits per heavy atom. The molecule has 1 unspecified atom stereocenters. The standard InChI is InChI=1S/C28H54O4/c1-4-7-10-13-15-16-17-19-22-25-27(29)31-32-28(30)26(23-20-12-9-6-3)24-21-18-14-11-8-5-2/h26H,4-25H2,1-3H3. The van der Waals surface area contributed by atoms with E-state index in [1.54, 1.807) is 0 Å². The van der Waals surface area contributed by atoms with Gasteiger partial charge in [-0.1, -0.05) is 136 Å². The molecule has 0 aliphatic carbocycles. The molecule has 4 nitrogen and oxygen atoms in total. The predicted molar refractivity (Wildman–Crippen MR) is 134 cm³/mol. The third-order valence-electron chi connectivity index (χ3n) is 6.35. The van der Waals surface area contributed by atoms with Crippen LogP contribution >= 0.6 is 0 Å². The summed E-state index contributed by atoms with van der Waals surface area (Å²) in [6.45, 7) is 6.65. The van der Waals surface area contributed by atoms with Gasteiger partial charge in [0.2, 0.25) is 0 Å². The van der Waals surface area contributed by atoms with E-state index in [2.05, 4.69) is 20.8 Å². The maximum atomic E-state index is 12.5. The summed E-state index contributed by atoms with van der Waals surface area (Å²) in [5, 5.41) is 0. The zero-order valence-corrected chi connectivity index (χ0v) is 21.8. The van der Waals surface area contributed by atoms with Crippen molar-refractivity contribution in [2.75, 3.05) is 0 Å². The molecule has 0 radical (unpaired) electrons. The van der Waals surface area contributed by atoms with E-state index < -0.39 is 5.97 Å². The van der Waals surface area contributed by atoms with Crippen LogP contribution in [-0.4, -0.2) is 11.9 Å². The molecule has 0 aromatic heterocycles. The Balaban J connectivity index is 4.00. The van der Waals surface area contributed by atoms with Crippen molar-refractivity contribution in [3.05, 3.63) is 0 Å². The van der Waals surface area contributed by atoms with Crippen LogP contribution < -0.4 is 0 Å². The van der Waals surface area contributed by atoms with Crippen LogP contribution in [0.1, 0.15) is 162 Å². The van der Waals surface area contributed by atoms with Crippen molar-refractivity contribution < 1.29 is 19.4 Å². The van der Waals surface area contributed by atoms with Crippen molar-refractivity contribution in [3.8, 4) is 0 Å². The lowest BCUT2D eigenvalue weighted by Gasteiger charge is -2.14. The van der Waals surface area contributed by atoms with Gasteiger partial charge in [-0.3, -0.25) is 0 Å². The Labute approximate surface area is 199 Å². The van der Waals surface area contributed by atoms with E-state index in [0.29, 0.717) is 6.42 Å². The van der Waals surface area contributed by atoms with Crippen molar-refractivity contribution >= 4 is 11.9 Å². The van der Waals surface area contributed by atoms with Crippen molar-refractivity contribution in [2.24, 2.45) is 5.92 Å². The van der Waals surface area contributed by atoms with Crippen LogP contribution in [0.3, 0.4) is 0 Å². The van der Waals surface area contributed by atoms with Gasteiger partial charge in [-0.15, -0.1) is 0 Å². The molecule has 0 bridgehead atoms. The van der Waals surface area contributed by atoms with E-state index in [-0.39, 0.29) is 11.9 Å². The summed E-state index contributed by atoms with van der Waals surface area (Å²) in [4.78, 5) is 34.3. The lowest BCUT2D eigenvalue weighted by atomic mass is 9.94. The molecule has 0 rings (SSSR count). The molecular weight excluding hydrogens is 400 g/mol. The number of carbonyl (C=O) groups excluding carboxylic acids is 2. The first-order valence-corrected chi connectivity index (χ1v) is 14.1. The van der Waals surface area contributed by atoms with Gasteiger partial charge in [0.15, 0.2) is 0 Å². The van der Waals surface area contributed by atoms with Gasteiger partial charge in [0.1, 0.15) is 0 Å². The van der Waals surface area contributed by atoms with Crippen LogP contribution in [0.4, 0.5) is 0 Å². The van der Waals surface area contributed by atoms with Crippen LogP contribution in [0.15, 0.2) is 0 Å². The molecule has 0 saturated carbocycles. The topological polar surface area (TPSA) is 52.6 Å². The number of carbonyl (C=O) groups is 2. The smallest absolute Gasteiger partial charge is 0.247 e. The van der Waals surface area contributed by atoms with Gasteiger partial charge in [0.25, 0.3) is 0 Å². The Morgan fingerprint density at radius 1 is 0.500 bits per heavy atom. The summed E-state index contributed by atoms with van der Waals surface area (Å²) in [5.41, 5.74) is 0. The van der Waals surface area contributed by atoms with Crippen molar-refractivity contribution in [1.82, 2.24) is 0 Å². The minimum absolute atomic E-state index is 0.140. The molecule has 0 amide bonds. The third-order valence-corrected chi connectivity index (χ3v) is 6.35. The molecule has 1 atom stereocenters. The van der Waals surface area contributed by atoms with Crippen molar-refractivity contribution in [2.45, 2.75) is 162 Å². The first-order valence-electron chi connectivity index (χ1n) is 14.1. The summed E-state index contributed by atoms with van der Waals surface area (Å²) < 4.78 is 0. The molecule has 4 heteroatoms. The molecule has 0 aromatic rings. The maximum Gasteiger partial charge on any atom is 0.358 e. The van der Waals surface area contributed by atoms with Gasteiger partial charge in [-0.25, -0.2) is 19.4 Å². The Morgan fingerprint density at radius 3 is 1.34 bits per heavy atom. The van der Waals surface area contributed by atoms with Crippen LogP contribution in [0.25, 0.3) is 0 Å². The molecule has 0 N–H and O–H groups in total. The fourth-order valence-corrected chi connectivity index (χ4v) is 4.15. The van der Waals surface area contributed by atoms with E-state index in [9.17, 15) is 9.59 Å². The largest absolute Gasteiger partial charge is 0.358 e. The SMILES string of the molecule is CCCCCCCCCCCC(=O)OOC(=O)C(CCCCCC)CCCCCCCC. The maximum absolute atomic E-state index is 12.5. The molecule has 0 fully saturated rings. The highest BCUT2D eigenvalue weighted by atomic mass is 17.2. The first kappa shape index (κ1) is 30.9. The summed E-state index contributed by atoms with van der Waals surface area (Å²) >= 11 is 0. The van der Waals surface area contributed by atoms with E-state index in [1.165, 1.54) is 77.0 Å². The highest BCUT2D eigenvalue weighted by Crippen LogP contribution is 2.21. The quantitative estimate of drug-likeness (QED) is 0.0876. The second-order valence-corrected chi connectivity index (χ2v) is 9.54. The second kappa shape index (κ2) is 24.6. The summed E-state index contributed by atoms with van der Waals surface area (Å²) in [5.74, 6) is -0.903. The van der Waals surface area contributed by atoms with Gasteiger partial charge in [0, 0.05) is 0 Å². The molecule has 0 aliphatic rings. The summed E-state index contributed by atoms with van der Waals surface area (Å²) in [6.07, 6.45) is 24.7. The number of hydrogen-bond acceptors (Lipinski definition) is 4. The van der Waals surface area contributed by atoms with E-state index in [4.69, 9.17) is 9.78 Å². The average molecular weight is 455 g/mol. The van der Waals surface area contributed by atoms with Crippen molar-refractivity contribution in [1.29, 1.82) is 0 Å². The molecule has 190 valence electrons. The van der Waals surface area contributed by atoms with E-state index in [1.807, 2.05) is 0 Å². The molecule has 0 saturated heterocycles. The zero-order valence-electron chi connectivity index (χ0n) is 21.8. The molecule has 0 aromatic carbocycles. The van der Waals surface area contributed by atoms with Gasteiger partial charge in [-0.2, -0.15) is 0 Å². The lowest BCUT2D eigenvalue weighted by Crippen LogP contribution is -2.20. The molecular formula is C28H54O4. The Bertz CT molecular complexity index is 422. The summed E-state index contributed by atoms with van der Waals surface area (Å²) in [6, 6.07) is 0. The number of hydrogen-bond donors (Lipinski definition) is 0. The van der Waals surface area contributed by atoms with Gasteiger partial charge < -0.3 is 0 Å². The second-order valence-electron chi connectivity index (χ2n) is 9.54. The minimum atomic E-state index is -0.411. The van der Waals surface area contributed by atoms with Crippen LogP contribution in [0, 0.1) is 5.92 Å². The van der Waals surface area contributed by atoms with E-state index >= 15 is 0 Å². The van der Waals surface area contributed by atoms with Crippen LogP contribution in [0.5, 0.6) is 0 Å². The first-order chi connectivity index (χ1) is 15.7. The predicted octanol–water partition coefficient (Wildman–Crippen LogP) is 9.25. The highest BCUT2D eigenvalue weighted by Gasteiger charge is 2.22. The Kier molecular flexibility index (Phi) is 23.8. The molecule has 0 heterocycles. The lowest BCUT2D eigenvalue weighted by molar-refractivity contribution is -0.262. The highest BCUT2D eigenvalue weighted by molar-refractivity contribution is 5.74. The summed E-state index contributed by atoms with van der Waals surface area (Å²) in [7, 11) is 0. The average Bonchev–Trinajstić information content (AvgIpc) is 2.80. The van der Waals surface area contributed by atoms with Gasteiger partial charge in [-0.05, 0) is 19.3 Å². The fraction of sp³-hybridized carbons (Fsp3) is 0.929. The van der Waals surface area contributed by atoms with Gasteiger partial charge >= 0.3 is 11.9 Å². The molecule has 32 heavy (non-hydrogen) atoms. The third kappa shape index (κ3) is 20.8. The van der Waals surface area contributed by atoms with Crippen LogP contribution in [-0.2, 0) is 19.4 Å². The van der Waals surface area contributed by atoms with Crippen LogP contribution in [0.2, 0.25) is 0 Å². The van der Waals surface area contributed by atoms with E-state index in [0.717, 1.165) is 57.8 Å². The normalized spacial score (nSPS) is 12.0. The van der Waals surface area contributed by atoms with Gasteiger partial charge in [0.05, 0.1) is 12.3 Å². The fourth-order valence-electron chi connectivity index (χ4n) is 4.15. The Hall–Kier alpha value is -1.06.